The summed E-state index contributed by atoms with van der Waals surface area (Å²) in [6.45, 7) is 1.30. The monoisotopic (exact) mass is 407 g/mol. The molecule has 1 aliphatic rings. The van der Waals surface area contributed by atoms with Crippen molar-refractivity contribution in [1.29, 1.82) is 5.26 Å². The number of nitrogens with zero attached hydrogens (tertiary/aromatic N) is 4. The average molecular weight is 408 g/mol. The molecule has 0 saturated carbocycles. The summed E-state index contributed by atoms with van der Waals surface area (Å²) in [6, 6.07) is 14.2. The summed E-state index contributed by atoms with van der Waals surface area (Å²) >= 11 is 6.03. The summed E-state index contributed by atoms with van der Waals surface area (Å²) in [7, 11) is 0. The van der Waals surface area contributed by atoms with Crippen LogP contribution in [0.1, 0.15) is 27.2 Å². The minimum atomic E-state index is -0.235. The van der Waals surface area contributed by atoms with Crippen LogP contribution in [0.15, 0.2) is 42.5 Å². The Morgan fingerprint density at radius 2 is 1.97 bits per heavy atom. The number of carbonyl (C=O) groups is 1. The van der Waals surface area contributed by atoms with E-state index < -0.39 is 0 Å². The molecule has 0 radical (unpaired) electrons. The van der Waals surface area contributed by atoms with Gasteiger partial charge in [0.2, 0.25) is 0 Å². The second-order valence-corrected chi connectivity index (χ2v) is 7.30. The zero-order valence-corrected chi connectivity index (χ0v) is 16.2. The van der Waals surface area contributed by atoms with Crippen molar-refractivity contribution in [2.75, 3.05) is 12.3 Å². The van der Waals surface area contributed by atoms with E-state index in [-0.39, 0.29) is 12.5 Å². The Labute approximate surface area is 172 Å². The summed E-state index contributed by atoms with van der Waals surface area (Å²) in [5, 5.41) is 23.6. The maximum absolute atomic E-state index is 13.0. The third kappa shape index (κ3) is 3.56. The zero-order chi connectivity index (χ0) is 20.5. The molecule has 1 aliphatic heterocycles. The molecule has 3 aromatic rings. The highest BCUT2D eigenvalue weighted by Crippen LogP contribution is 2.33. The number of aromatic nitrogens is 2. The number of amides is 1. The molecule has 3 N–H and O–H groups in total. The standard InChI is InChI=1S/C21H18ClN5O2/c22-16-7-15(12-28)20(17(24)8-16)18-9-19-21(29)26(5-6-27(19)25-18)11-14-3-1-13(10-23)2-4-14/h1-4,7-9,28H,5-6,11-12,24H2. The smallest absolute Gasteiger partial charge is 0.272 e. The normalized spacial score (nSPS) is 13.3. The van der Waals surface area contributed by atoms with Gasteiger partial charge in [-0.25, -0.2) is 0 Å². The van der Waals surface area contributed by atoms with Gasteiger partial charge in [-0.3, -0.25) is 9.48 Å². The van der Waals surface area contributed by atoms with E-state index in [9.17, 15) is 9.90 Å². The second kappa shape index (κ2) is 7.59. The van der Waals surface area contributed by atoms with Crippen molar-refractivity contribution in [3.05, 3.63) is 69.9 Å². The number of nitrogen functional groups attached to an aromatic ring is 1. The lowest BCUT2D eigenvalue weighted by Gasteiger charge is -2.27. The van der Waals surface area contributed by atoms with E-state index in [1.807, 2.05) is 12.1 Å². The van der Waals surface area contributed by atoms with E-state index in [0.717, 1.165) is 5.56 Å². The van der Waals surface area contributed by atoms with Crippen molar-refractivity contribution in [2.45, 2.75) is 19.7 Å². The number of carbonyl (C=O) groups excluding carboxylic acids is 1. The van der Waals surface area contributed by atoms with Crippen LogP contribution in [-0.2, 0) is 19.7 Å². The molecular weight excluding hydrogens is 390 g/mol. The lowest BCUT2D eigenvalue weighted by atomic mass is 10.0. The number of nitrogens with two attached hydrogens (primary N) is 1. The fraction of sp³-hybridized carbons (Fsp3) is 0.190. The van der Waals surface area contributed by atoms with E-state index >= 15 is 0 Å². The predicted molar refractivity (Wildman–Crippen MR) is 109 cm³/mol. The molecule has 0 fully saturated rings. The van der Waals surface area contributed by atoms with E-state index in [1.165, 1.54) is 0 Å². The fourth-order valence-corrected chi connectivity index (χ4v) is 3.79. The molecule has 2 aromatic carbocycles. The van der Waals surface area contributed by atoms with Crippen molar-refractivity contribution in [3.8, 4) is 17.3 Å². The summed E-state index contributed by atoms with van der Waals surface area (Å²) in [5.74, 6) is -0.127. The van der Waals surface area contributed by atoms with Crippen LogP contribution >= 0.6 is 11.6 Å². The summed E-state index contributed by atoms with van der Waals surface area (Å²) in [5.41, 5.74) is 10.2. The molecule has 0 spiro atoms. The van der Waals surface area contributed by atoms with E-state index in [0.29, 0.717) is 58.4 Å². The molecule has 1 aromatic heterocycles. The number of aliphatic hydroxyl groups is 1. The molecular formula is C21H18ClN5O2. The van der Waals surface area contributed by atoms with E-state index in [2.05, 4.69) is 11.2 Å². The summed E-state index contributed by atoms with van der Waals surface area (Å²) in [4.78, 5) is 14.7. The molecule has 4 rings (SSSR count). The van der Waals surface area contributed by atoms with Gasteiger partial charge in [-0.05, 0) is 41.5 Å². The van der Waals surface area contributed by atoms with Gasteiger partial charge in [-0.15, -0.1) is 0 Å². The Kier molecular flexibility index (Phi) is 4.97. The Hall–Kier alpha value is -3.34. The van der Waals surface area contributed by atoms with Gasteiger partial charge in [0.05, 0.1) is 30.5 Å². The first kappa shape index (κ1) is 19.0. The van der Waals surface area contributed by atoms with Crippen molar-refractivity contribution in [3.63, 3.8) is 0 Å². The number of benzene rings is 2. The molecule has 146 valence electrons. The highest BCUT2D eigenvalue weighted by atomic mass is 35.5. The van der Waals surface area contributed by atoms with Gasteiger partial charge in [0.15, 0.2) is 0 Å². The van der Waals surface area contributed by atoms with Crippen LogP contribution in [0.3, 0.4) is 0 Å². The lowest BCUT2D eigenvalue weighted by molar-refractivity contribution is 0.0683. The first-order valence-electron chi connectivity index (χ1n) is 9.05. The second-order valence-electron chi connectivity index (χ2n) is 6.86. The van der Waals surface area contributed by atoms with Gasteiger partial charge >= 0.3 is 0 Å². The van der Waals surface area contributed by atoms with Gasteiger partial charge < -0.3 is 15.7 Å². The first-order valence-corrected chi connectivity index (χ1v) is 9.43. The van der Waals surface area contributed by atoms with Crippen molar-refractivity contribution < 1.29 is 9.90 Å². The van der Waals surface area contributed by atoms with Gasteiger partial charge in [0.25, 0.3) is 5.91 Å². The predicted octanol–water partition coefficient (Wildman–Crippen LogP) is 2.81. The molecule has 2 heterocycles. The molecule has 0 aliphatic carbocycles. The number of anilines is 1. The Bertz CT molecular complexity index is 1130. The third-order valence-electron chi connectivity index (χ3n) is 4.97. The minimum Gasteiger partial charge on any atom is -0.398 e. The van der Waals surface area contributed by atoms with E-state index in [4.69, 9.17) is 22.6 Å². The van der Waals surface area contributed by atoms with E-state index in [1.54, 1.807) is 39.9 Å². The van der Waals surface area contributed by atoms with Crippen LogP contribution in [0.25, 0.3) is 11.3 Å². The van der Waals surface area contributed by atoms with Crippen molar-refractivity contribution in [1.82, 2.24) is 14.7 Å². The molecule has 7 nitrogen and oxygen atoms in total. The van der Waals surface area contributed by atoms with Gasteiger partial charge in [0.1, 0.15) is 5.69 Å². The van der Waals surface area contributed by atoms with Crippen LogP contribution in [0.4, 0.5) is 5.69 Å². The molecule has 0 unspecified atom stereocenters. The average Bonchev–Trinajstić information content (AvgIpc) is 3.14. The SMILES string of the molecule is N#Cc1ccc(CN2CCn3nc(-c4c(N)cc(Cl)cc4CO)cc3C2=O)cc1. The molecule has 29 heavy (non-hydrogen) atoms. The maximum atomic E-state index is 13.0. The Morgan fingerprint density at radius 1 is 1.21 bits per heavy atom. The Morgan fingerprint density at radius 3 is 2.66 bits per heavy atom. The number of nitriles is 1. The molecule has 0 bridgehead atoms. The first-order chi connectivity index (χ1) is 14.0. The van der Waals surface area contributed by atoms with Crippen LogP contribution < -0.4 is 5.73 Å². The number of rotatable bonds is 4. The lowest BCUT2D eigenvalue weighted by Crippen LogP contribution is -2.39. The highest BCUT2D eigenvalue weighted by Gasteiger charge is 2.27. The zero-order valence-electron chi connectivity index (χ0n) is 15.5. The van der Waals surface area contributed by atoms with Crippen LogP contribution in [-0.4, -0.2) is 32.2 Å². The molecule has 8 heteroatoms. The maximum Gasteiger partial charge on any atom is 0.272 e. The van der Waals surface area contributed by atoms with Crippen LogP contribution in [0.5, 0.6) is 0 Å². The van der Waals surface area contributed by atoms with Crippen LogP contribution in [0, 0.1) is 11.3 Å². The topological polar surface area (TPSA) is 108 Å². The number of hydrogen-bond acceptors (Lipinski definition) is 5. The number of hydrogen-bond donors (Lipinski definition) is 2. The molecule has 0 saturated heterocycles. The third-order valence-corrected chi connectivity index (χ3v) is 5.18. The van der Waals surface area contributed by atoms with Crippen LogP contribution in [0.2, 0.25) is 5.02 Å². The quantitative estimate of drug-likeness (QED) is 0.646. The Balaban J connectivity index is 1.63. The highest BCUT2D eigenvalue weighted by molar-refractivity contribution is 6.31. The number of halogens is 1. The van der Waals surface area contributed by atoms with Crippen molar-refractivity contribution in [2.24, 2.45) is 0 Å². The van der Waals surface area contributed by atoms with Gasteiger partial charge in [-0.2, -0.15) is 10.4 Å². The summed E-state index contributed by atoms with van der Waals surface area (Å²) < 4.78 is 1.67. The summed E-state index contributed by atoms with van der Waals surface area (Å²) in [6.07, 6.45) is 0. The largest absolute Gasteiger partial charge is 0.398 e. The number of fused-ring (bicyclic) bond motifs is 1. The molecule has 1 amide bonds. The molecule has 0 atom stereocenters. The van der Waals surface area contributed by atoms with Gasteiger partial charge in [0, 0.05) is 29.4 Å². The van der Waals surface area contributed by atoms with Gasteiger partial charge in [-0.1, -0.05) is 23.7 Å². The number of aliphatic hydroxyl groups excluding tert-OH is 1. The van der Waals surface area contributed by atoms with Crippen molar-refractivity contribution >= 4 is 23.2 Å². The fourth-order valence-electron chi connectivity index (χ4n) is 3.54. The minimum absolute atomic E-state index is 0.127.